The number of hydrogen-bond acceptors (Lipinski definition) is 6. The van der Waals surface area contributed by atoms with Gasteiger partial charge in [0.1, 0.15) is 5.75 Å². The molecule has 39 heavy (non-hydrogen) atoms. The molecule has 0 radical (unpaired) electrons. The van der Waals surface area contributed by atoms with Gasteiger partial charge in [0, 0.05) is 66.1 Å². The van der Waals surface area contributed by atoms with Crippen LogP contribution in [-0.2, 0) is 16.1 Å². The van der Waals surface area contributed by atoms with Crippen molar-refractivity contribution in [2.45, 2.75) is 38.6 Å². The number of aliphatic carboxylic acids is 1. The molecular weight excluding hydrogens is 512 g/mol. The second-order valence-corrected chi connectivity index (χ2v) is 10.2. The van der Waals surface area contributed by atoms with E-state index < -0.39 is 24.7 Å². The van der Waals surface area contributed by atoms with Crippen LogP contribution in [0, 0.1) is 0 Å². The van der Waals surface area contributed by atoms with E-state index in [0.717, 1.165) is 9.78 Å². The highest BCUT2D eigenvalue weighted by atomic mass is 32.1. The first-order valence-corrected chi connectivity index (χ1v) is 14.2. The molecule has 0 aliphatic carbocycles. The van der Waals surface area contributed by atoms with Crippen LogP contribution in [0.4, 0.5) is 0 Å². The van der Waals surface area contributed by atoms with Gasteiger partial charge in [-0.15, -0.1) is 11.3 Å². The lowest BCUT2D eigenvalue weighted by Crippen LogP contribution is -2.39. The van der Waals surface area contributed by atoms with Crippen molar-refractivity contribution in [3.63, 3.8) is 0 Å². The number of unbranched alkanes of at least 4 members (excludes halogenated alkanes) is 2. The fraction of sp³-hybridized carbons (Fsp3) is 0.419. The lowest BCUT2D eigenvalue weighted by Gasteiger charge is -2.29. The summed E-state index contributed by atoms with van der Waals surface area (Å²) < 4.78 is 47.5. The van der Waals surface area contributed by atoms with Crippen LogP contribution in [-0.4, -0.2) is 72.7 Å². The maximum absolute atomic E-state index is 14.4. The first-order chi connectivity index (χ1) is 20.6. The SMILES string of the molecule is [2H]C([2H])(CN1CCOCC1)C([2H])([2H])N(Cc1ccccc1OCCCCCC(=O)O)C(=O)c1ccccc1-c1cccs1. The zero-order valence-corrected chi connectivity index (χ0v) is 22.8. The number of hydrogen-bond donors (Lipinski definition) is 1. The van der Waals surface area contributed by atoms with Gasteiger partial charge in [0.2, 0.25) is 0 Å². The number of carboxylic acids is 1. The van der Waals surface area contributed by atoms with Gasteiger partial charge in [-0.1, -0.05) is 42.5 Å². The van der Waals surface area contributed by atoms with Crippen molar-refractivity contribution in [1.29, 1.82) is 0 Å². The largest absolute Gasteiger partial charge is 0.493 e. The van der Waals surface area contributed by atoms with Gasteiger partial charge < -0.3 is 19.5 Å². The van der Waals surface area contributed by atoms with Crippen molar-refractivity contribution in [1.82, 2.24) is 9.80 Å². The molecule has 0 atom stereocenters. The van der Waals surface area contributed by atoms with Gasteiger partial charge in [0.15, 0.2) is 0 Å². The van der Waals surface area contributed by atoms with E-state index in [1.54, 1.807) is 36.4 Å². The molecule has 4 rings (SSSR count). The summed E-state index contributed by atoms with van der Waals surface area (Å²) in [5.41, 5.74) is 1.48. The number of morpholine rings is 1. The van der Waals surface area contributed by atoms with Gasteiger partial charge in [-0.3, -0.25) is 14.5 Å². The molecule has 208 valence electrons. The number of carboxylic acid groups (broad SMARTS) is 1. The van der Waals surface area contributed by atoms with Crippen LogP contribution in [0.3, 0.4) is 0 Å². The van der Waals surface area contributed by atoms with Crippen LogP contribution < -0.4 is 4.74 Å². The predicted molar refractivity (Wildman–Crippen MR) is 154 cm³/mol. The molecule has 0 unspecified atom stereocenters. The number of amides is 1. The van der Waals surface area contributed by atoms with Gasteiger partial charge in [0.05, 0.1) is 19.8 Å². The molecule has 1 aliphatic heterocycles. The van der Waals surface area contributed by atoms with Gasteiger partial charge in [0.25, 0.3) is 5.91 Å². The summed E-state index contributed by atoms with van der Waals surface area (Å²) in [6, 6.07) is 17.8. The van der Waals surface area contributed by atoms with Crippen LogP contribution in [0.1, 0.15) is 53.5 Å². The number of ether oxygens (including phenoxy) is 2. The molecule has 0 saturated carbocycles. The van der Waals surface area contributed by atoms with E-state index in [2.05, 4.69) is 0 Å². The topological polar surface area (TPSA) is 79.3 Å². The average molecular weight is 555 g/mol. The van der Waals surface area contributed by atoms with Crippen molar-refractivity contribution in [2.75, 3.05) is 46.0 Å². The molecule has 1 aliphatic rings. The fourth-order valence-electron chi connectivity index (χ4n) is 4.31. The quantitative estimate of drug-likeness (QED) is 0.239. The second-order valence-electron chi connectivity index (χ2n) is 9.25. The minimum atomic E-state index is -2.70. The Morgan fingerprint density at radius 2 is 1.82 bits per heavy atom. The zero-order chi connectivity index (χ0) is 30.9. The molecule has 3 aromatic rings. The molecule has 0 spiro atoms. The molecule has 1 N–H and O–H groups in total. The van der Waals surface area contributed by atoms with Crippen LogP contribution in [0.25, 0.3) is 10.4 Å². The summed E-state index contributed by atoms with van der Waals surface area (Å²) in [7, 11) is 0. The molecule has 2 heterocycles. The number of benzene rings is 2. The van der Waals surface area contributed by atoms with E-state index in [-0.39, 0.29) is 25.1 Å². The van der Waals surface area contributed by atoms with E-state index in [9.17, 15) is 9.59 Å². The Bertz CT molecular complexity index is 1350. The smallest absolute Gasteiger partial charge is 0.303 e. The fourth-order valence-corrected chi connectivity index (χ4v) is 5.07. The van der Waals surface area contributed by atoms with E-state index in [0.29, 0.717) is 69.0 Å². The summed E-state index contributed by atoms with van der Waals surface area (Å²) in [5, 5.41) is 10.8. The van der Waals surface area contributed by atoms with E-state index in [1.165, 1.54) is 11.3 Å². The Hall–Kier alpha value is -3.20. The number of thiophene rings is 1. The molecule has 1 amide bonds. The molecule has 1 saturated heterocycles. The second kappa shape index (κ2) is 15.4. The van der Waals surface area contributed by atoms with Crippen LogP contribution in [0.15, 0.2) is 66.0 Å². The van der Waals surface area contributed by atoms with E-state index in [1.807, 2.05) is 34.5 Å². The highest BCUT2D eigenvalue weighted by molar-refractivity contribution is 7.13. The molecule has 0 bridgehead atoms. The van der Waals surface area contributed by atoms with Gasteiger partial charge in [-0.25, -0.2) is 0 Å². The Labute approximate surface area is 240 Å². The van der Waals surface area contributed by atoms with Gasteiger partial charge in [-0.05, 0) is 49.2 Å². The molecule has 1 aromatic heterocycles. The maximum Gasteiger partial charge on any atom is 0.303 e. The van der Waals surface area contributed by atoms with Crippen molar-refractivity contribution in [3.05, 3.63) is 77.2 Å². The molecule has 1 fully saturated rings. The Morgan fingerprint density at radius 3 is 2.62 bits per heavy atom. The van der Waals surface area contributed by atoms with E-state index in [4.69, 9.17) is 20.1 Å². The number of carbonyl (C=O) groups excluding carboxylic acids is 1. The van der Waals surface area contributed by atoms with Gasteiger partial charge in [-0.2, -0.15) is 0 Å². The van der Waals surface area contributed by atoms with Crippen LogP contribution in [0.5, 0.6) is 5.75 Å². The highest BCUT2D eigenvalue weighted by Crippen LogP contribution is 2.30. The van der Waals surface area contributed by atoms with Crippen LogP contribution >= 0.6 is 11.3 Å². The highest BCUT2D eigenvalue weighted by Gasteiger charge is 2.22. The minimum Gasteiger partial charge on any atom is -0.493 e. The summed E-state index contributed by atoms with van der Waals surface area (Å²) in [4.78, 5) is 28.8. The van der Waals surface area contributed by atoms with Crippen molar-refractivity contribution in [2.24, 2.45) is 0 Å². The van der Waals surface area contributed by atoms with Crippen LogP contribution in [0.2, 0.25) is 0 Å². The lowest BCUT2D eigenvalue weighted by molar-refractivity contribution is -0.137. The lowest BCUT2D eigenvalue weighted by atomic mass is 10.0. The zero-order valence-electron chi connectivity index (χ0n) is 26.0. The van der Waals surface area contributed by atoms with E-state index >= 15 is 0 Å². The minimum absolute atomic E-state index is 0.0993. The van der Waals surface area contributed by atoms with Gasteiger partial charge >= 0.3 is 5.97 Å². The monoisotopic (exact) mass is 554 g/mol. The summed E-state index contributed by atoms with van der Waals surface area (Å²) in [5.74, 6) is -0.989. The first-order valence-electron chi connectivity index (χ1n) is 15.3. The number of para-hydroxylation sites is 1. The Kier molecular flexibility index (Phi) is 9.35. The maximum atomic E-state index is 14.4. The number of nitrogens with zero attached hydrogens (tertiary/aromatic N) is 2. The standard InChI is InChI=1S/C31H38N2O5S/c34-30(35)15-2-1-7-20-38-28-13-6-3-10-25(28)24-33(17-9-16-32-18-21-37-22-19-32)31(36)27-12-5-4-11-26(27)29-14-8-23-39-29/h3-6,8,10-14,23H,1-2,7,9,15-22,24H2,(H,34,35)/i9D2,17D2. The molecular formula is C31H38N2O5S. The summed E-state index contributed by atoms with van der Waals surface area (Å²) in [6.07, 6.45) is -0.449. The number of rotatable bonds is 15. The third-order valence-corrected chi connectivity index (χ3v) is 7.31. The van der Waals surface area contributed by atoms with Crippen molar-refractivity contribution in [3.8, 4) is 16.2 Å². The van der Waals surface area contributed by atoms with Crippen molar-refractivity contribution < 1.29 is 29.7 Å². The third kappa shape index (κ3) is 8.92. The predicted octanol–water partition coefficient (Wildman–Crippen LogP) is 5.80. The number of carbonyl (C=O) groups is 2. The Balaban J connectivity index is 1.64. The summed E-state index contributed by atoms with van der Waals surface area (Å²) >= 11 is 1.47. The molecule has 7 nitrogen and oxygen atoms in total. The average Bonchev–Trinajstić information content (AvgIpc) is 3.53. The summed E-state index contributed by atoms with van der Waals surface area (Å²) in [6.45, 7) is -0.947. The van der Waals surface area contributed by atoms with Crippen molar-refractivity contribution >= 4 is 23.2 Å². The Morgan fingerprint density at radius 1 is 1.03 bits per heavy atom. The normalized spacial score (nSPS) is 16.0. The molecule has 2 aromatic carbocycles. The molecule has 8 heteroatoms. The third-order valence-electron chi connectivity index (χ3n) is 6.40. The first kappa shape index (κ1) is 23.7.